The van der Waals surface area contributed by atoms with Crippen molar-refractivity contribution in [1.82, 2.24) is 4.98 Å². The highest BCUT2D eigenvalue weighted by atomic mass is 79.9. The summed E-state index contributed by atoms with van der Waals surface area (Å²) in [5.74, 6) is 0.382. The minimum Gasteiger partial charge on any atom is -0.286 e. The molecule has 0 aliphatic rings. The Bertz CT molecular complexity index is 1190. The quantitative estimate of drug-likeness (QED) is 0.491. The number of hydrogen-bond acceptors (Lipinski definition) is 4. The van der Waals surface area contributed by atoms with Crippen molar-refractivity contribution < 1.29 is 4.98 Å². The van der Waals surface area contributed by atoms with Gasteiger partial charge in [-0.1, -0.05) is 28.1 Å². The van der Waals surface area contributed by atoms with Crippen molar-refractivity contribution in [2.75, 3.05) is 5.73 Å². The number of anilines is 1. The van der Waals surface area contributed by atoms with Crippen LogP contribution in [0.3, 0.4) is 0 Å². The Hall–Kier alpha value is -2.49. The van der Waals surface area contributed by atoms with Crippen LogP contribution in [0.25, 0.3) is 31.6 Å². The molecule has 0 atom stereocenters. The predicted molar refractivity (Wildman–Crippen MR) is 105 cm³/mol. The number of hydrogen-bond donors (Lipinski definition) is 1. The van der Waals surface area contributed by atoms with E-state index in [9.17, 15) is 5.26 Å². The van der Waals surface area contributed by atoms with Gasteiger partial charge in [-0.3, -0.25) is 5.73 Å². The van der Waals surface area contributed by atoms with Gasteiger partial charge in [0.05, 0.1) is 10.1 Å². The van der Waals surface area contributed by atoms with E-state index >= 15 is 0 Å². The Morgan fingerprint density at radius 3 is 2.64 bits per heavy atom. The molecule has 0 aliphatic heterocycles. The van der Waals surface area contributed by atoms with Crippen LogP contribution in [-0.2, 0) is 0 Å². The third-order valence-electron chi connectivity index (χ3n) is 4.24. The maximum Gasteiger partial charge on any atom is 0.289 e. The van der Waals surface area contributed by atoms with Gasteiger partial charge in [-0.2, -0.15) is 5.26 Å². The molecule has 6 heteroatoms. The summed E-state index contributed by atoms with van der Waals surface area (Å²) in [4.78, 5) is 8.86. The summed E-state index contributed by atoms with van der Waals surface area (Å²) in [6, 6.07) is 12.3. The van der Waals surface area contributed by atoms with Gasteiger partial charge in [-0.25, -0.2) is 9.97 Å². The van der Waals surface area contributed by atoms with E-state index in [0.29, 0.717) is 11.4 Å². The fourth-order valence-electron chi connectivity index (χ4n) is 3.19. The van der Waals surface area contributed by atoms with Crippen molar-refractivity contribution in [1.29, 1.82) is 5.26 Å². The summed E-state index contributed by atoms with van der Waals surface area (Å²) in [5, 5.41) is 10.7. The van der Waals surface area contributed by atoms with E-state index in [-0.39, 0.29) is 0 Å². The molecule has 0 radical (unpaired) electrons. The van der Waals surface area contributed by atoms with Gasteiger partial charge in [0.15, 0.2) is 5.52 Å². The van der Waals surface area contributed by atoms with Crippen LogP contribution in [0.2, 0.25) is 0 Å². The number of nitrogens with zero attached hydrogens (tertiary/aromatic N) is 2. The van der Waals surface area contributed by atoms with Gasteiger partial charge in [-0.05, 0) is 43.2 Å². The second-order valence-electron chi connectivity index (χ2n) is 5.97. The molecule has 4 nitrogen and oxygen atoms in total. The molecule has 3 heterocycles. The lowest BCUT2D eigenvalue weighted by Gasteiger charge is -2.06. The number of nitriles is 1. The van der Waals surface area contributed by atoms with Crippen LogP contribution in [0, 0.1) is 25.2 Å². The van der Waals surface area contributed by atoms with E-state index in [4.69, 9.17) is 5.73 Å². The number of nitrogen functional groups attached to an aromatic ring is 1. The van der Waals surface area contributed by atoms with Gasteiger partial charge in [0.25, 0.3) is 5.82 Å². The lowest BCUT2D eigenvalue weighted by molar-refractivity contribution is -0.325. The van der Waals surface area contributed by atoms with Crippen LogP contribution < -0.4 is 10.7 Å². The summed E-state index contributed by atoms with van der Waals surface area (Å²) < 4.78 is 2.00. The largest absolute Gasteiger partial charge is 0.289 e. The van der Waals surface area contributed by atoms with Crippen molar-refractivity contribution >= 4 is 53.5 Å². The number of halogens is 1. The highest BCUT2D eigenvalue weighted by molar-refractivity contribution is 9.10. The zero-order valence-corrected chi connectivity index (χ0v) is 16.0. The lowest BCUT2D eigenvalue weighted by atomic mass is 10.00. The minimum absolute atomic E-state index is 0.382. The van der Waals surface area contributed by atoms with Gasteiger partial charge < -0.3 is 0 Å². The minimum atomic E-state index is 0.382. The first-order chi connectivity index (χ1) is 12.0. The van der Waals surface area contributed by atoms with Crippen LogP contribution in [0.4, 0.5) is 5.82 Å². The number of aromatic amines is 1. The Balaban J connectivity index is 2.21. The van der Waals surface area contributed by atoms with Gasteiger partial charge in [0, 0.05) is 15.7 Å². The molecule has 0 amide bonds. The lowest BCUT2D eigenvalue weighted by Crippen LogP contribution is -2.14. The van der Waals surface area contributed by atoms with Crippen molar-refractivity contribution in [2.45, 2.75) is 13.8 Å². The third-order valence-corrected chi connectivity index (χ3v) is 5.87. The number of thiophene rings is 1. The van der Waals surface area contributed by atoms with Crippen LogP contribution in [0.15, 0.2) is 34.8 Å². The maximum atomic E-state index is 9.68. The number of fused-ring (bicyclic) bond motifs is 3. The normalized spacial score (nSPS) is 11.1. The highest BCUT2D eigenvalue weighted by Gasteiger charge is 2.23. The molecule has 0 fully saturated rings. The summed E-state index contributed by atoms with van der Waals surface area (Å²) in [7, 11) is 0. The van der Waals surface area contributed by atoms with Crippen molar-refractivity contribution in [3.05, 3.63) is 51.6 Å². The van der Waals surface area contributed by atoms with Gasteiger partial charge in [0.2, 0.25) is 0 Å². The summed E-state index contributed by atoms with van der Waals surface area (Å²) in [6.45, 7) is 4.07. The molecule has 0 bridgehead atoms. The average molecular weight is 410 g/mol. The summed E-state index contributed by atoms with van der Waals surface area (Å²) in [5.41, 5.74) is 11.6. The topological polar surface area (TPSA) is 76.8 Å². The number of nitrogens with one attached hydrogen (secondary N) is 1. The maximum absolute atomic E-state index is 9.68. The molecular formula is C19H14BrN4S+. The van der Waals surface area contributed by atoms with Crippen molar-refractivity contribution in [3.8, 4) is 17.2 Å². The van der Waals surface area contributed by atoms with Gasteiger partial charge >= 0.3 is 0 Å². The second kappa shape index (κ2) is 5.80. The highest BCUT2D eigenvalue weighted by Crippen LogP contribution is 2.41. The van der Waals surface area contributed by atoms with E-state index in [1.165, 1.54) is 0 Å². The molecule has 122 valence electrons. The number of rotatable bonds is 1. The standard InChI is InChI=1S/C19H13BrN4S/c1-9-7-10(2)23-19-14(9)16-17(25-19)15(13(8-21)18(22)24-16)11-3-5-12(20)6-4-11/h3-7H,1-2H3,(H2,22,24)/p+1. The number of aromatic nitrogens is 2. The Kier molecular flexibility index (Phi) is 3.71. The van der Waals surface area contributed by atoms with E-state index in [0.717, 1.165) is 47.3 Å². The first-order valence-corrected chi connectivity index (χ1v) is 9.31. The van der Waals surface area contributed by atoms with Crippen molar-refractivity contribution in [3.63, 3.8) is 0 Å². The molecule has 4 rings (SSSR count). The molecule has 0 spiro atoms. The number of aryl methyl sites for hydroxylation is 2. The molecule has 25 heavy (non-hydrogen) atoms. The first kappa shape index (κ1) is 16.0. The Labute approximate surface area is 157 Å². The van der Waals surface area contributed by atoms with E-state index < -0.39 is 0 Å². The fourth-order valence-corrected chi connectivity index (χ4v) is 4.78. The number of benzene rings is 1. The van der Waals surface area contributed by atoms with Crippen LogP contribution >= 0.6 is 27.3 Å². The molecule has 3 aromatic heterocycles. The molecular weight excluding hydrogens is 396 g/mol. The SMILES string of the molecule is Cc1cc(C)c2c(n1)sc1c(-c3ccc(Br)cc3)c(C#N)c(N)[nH+]c12. The summed E-state index contributed by atoms with van der Waals surface area (Å²) >= 11 is 5.05. The van der Waals surface area contributed by atoms with E-state index in [2.05, 4.69) is 45.0 Å². The zero-order valence-electron chi connectivity index (χ0n) is 13.6. The molecule has 3 N–H and O–H groups in total. The van der Waals surface area contributed by atoms with Crippen LogP contribution in [-0.4, -0.2) is 4.98 Å². The smallest absolute Gasteiger partial charge is 0.286 e. The van der Waals surface area contributed by atoms with E-state index in [1.807, 2.05) is 31.2 Å². The molecule has 0 saturated heterocycles. The molecule has 0 unspecified atom stereocenters. The monoisotopic (exact) mass is 409 g/mol. The molecule has 4 aromatic rings. The number of H-pyrrole nitrogens is 1. The molecule has 0 aliphatic carbocycles. The third kappa shape index (κ3) is 2.48. The molecule has 0 saturated carbocycles. The Morgan fingerprint density at radius 2 is 1.96 bits per heavy atom. The number of pyridine rings is 2. The van der Waals surface area contributed by atoms with Gasteiger partial charge in [-0.15, -0.1) is 11.3 Å². The van der Waals surface area contributed by atoms with Crippen LogP contribution in [0.5, 0.6) is 0 Å². The predicted octanol–water partition coefficient (Wildman–Crippen LogP) is 4.76. The molecule has 1 aromatic carbocycles. The van der Waals surface area contributed by atoms with Crippen molar-refractivity contribution in [2.24, 2.45) is 0 Å². The van der Waals surface area contributed by atoms with Crippen LogP contribution in [0.1, 0.15) is 16.8 Å². The second-order valence-corrected chi connectivity index (χ2v) is 7.89. The van der Waals surface area contributed by atoms with Gasteiger partial charge in [0.1, 0.15) is 16.5 Å². The first-order valence-electron chi connectivity index (χ1n) is 7.71. The average Bonchev–Trinajstić information content (AvgIpc) is 2.92. The fraction of sp³-hybridized carbons (Fsp3) is 0.105. The zero-order chi connectivity index (χ0) is 17.7. The van der Waals surface area contributed by atoms with E-state index in [1.54, 1.807) is 11.3 Å². The number of nitrogens with two attached hydrogens (primary N) is 1. The summed E-state index contributed by atoms with van der Waals surface area (Å²) in [6.07, 6.45) is 0. The Morgan fingerprint density at radius 1 is 1.24 bits per heavy atom.